The molecule has 3 aromatic rings. The summed E-state index contributed by atoms with van der Waals surface area (Å²) in [5.41, 5.74) is 2.26. The fraction of sp³-hybridized carbons (Fsp3) is 0.304. The van der Waals surface area contributed by atoms with E-state index in [1.54, 1.807) is 36.3 Å². The van der Waals surface area contributed by atoms with Crippen molar-refractivity contribution in [3.8, 4) is 5.75 Å². The van der Waals surface area contributed by atoms with Crippen molar-refractivity contribution in [2.24, 2.45) is 0 Å². The van der Waals surface area contributed by atoms with Crippen molar-refractivity contribution >= 4 is 46.3 Å². The number of hydrogen-bond acceptors (Lipinski definition) is 6. The molecule has 1 aliphatic rings. The lowest BCUT2D eigenvalue weighted by molar-refractivity contribution is 0.102. The van der Waals surface area contributed by atoms with Crippen LogP contribution in [0, 0.1) is 6.92 Å². The number of carbonyl (C=O) groups excluding carboxylic acids is 2. The van der Waals surface area contributed by atoms with Gasteiger partial charge in [-0.3, -0.25) is 4.79 Å². The lowest BCUT2D eigenvalue weighted by Gasteiger charge is -2.31. The van der Waals surface area contributed by atoms with Crippen LogP contribution in [0.15, 0.2) is 42.5 Å². The third kappa shape index (κ3) is 5.61. The molecular formula is C23H24ClN5O3S. The molecule has 2 aromatic carbocycles. The molecule has 8 nitrogen and oxygen atoms in total. The maximum atomic E-state index is 12.9. The van der Waals surface area contributed by atoms with E-state index in [1.165, 1.54) is 11.3 Å². The Bertz CT molecular complexity index is 1170. The zero-order valence-electron chi connectivity index (χ0n) is 18.3. The van der Waals surface area contributed by atoms with E-state index in [2.05, 4.69) is 20.8 Å². The highest BCUT2D eigenvalue weighted by Gasteiger charge is 2.28. The summed E-state index contributed by atoms with van der Waals surface area (Å²) in [6.07, 6.45) is 1.72. The van der Waals surface area contributed by atoms with Gasteiger partial charge in [-0.1, -0.05) is 35.1 Å². The Kier molecular flexibility index (Phi) is 7.10. The Hall–Kier alpha value is -3.17. The lowest BCUT2D eigenvalue weighted by Crippen LogP contribution is -2.41. The Labute approximate surface area is 200 Å². The number of benzene rings is 2. The highest BCUT2D eigenvalue weighted by atomic mass is 35.5. The number of hydrogen-bond donors (Lipinski definition) is 2. The zero-order chi connectivity index (χ0) is 23.4. The van der Waals surface area contributed by atoms with Crippen molar-refractivity contribution in [1.29, 1.82) is 0 Å². The molecule has 1 atom stereocenters. The quantitative estimate of drug-likeness (QED) is 0.519. The van der Waals surface area contributed by atoms with Crippen molar-refractivity contribution in [2.75, 3.05) is 30.8 Å². The SMILES string of the molecule is COc1ccc(C)cc1NC(=O)N1CCC[C@@H](c2nnc(C(=O)Nc3cccc(Cl)c3)s2)C1. The molecule has 1 saturated heterocycles. The first-order valence-electron chi connectivity index (χ1n) is 10.5. The molecule has 1 fully saturated rings. The van der Waals surface area contributed by atoms with Gasteiger partial charge >= 0.3 is 6.03 Å². The van der Waals surface area contributed by atoms with Crippen LogP contribution < -0.4 is 15.4 Å². The number of piperidine rings is 1. The van der Waals surface area contributed by atoms with E-state index in [0.717, 1.165) is 23.4 Å². The number of halogens is 1. The molecule has 0 spiro atoms. The van der Waals surface area contributed by atoms with Gasteiger partial charge in [0, 0.05) is 29.7 Å². The van der Waals surface area contributed by atoms with Gasteiger partial charge in [-0.25, -0.2) is 4.79 Å². The zero-order valence-corrected chi connectivity index (χ0v) is 19.9. The Morgan fingerprint density at radius 1 is 1.18 bits per heavy atom. The predicted octanol–water partition coefficient (Wildman–Crippen LogP) is 5.17. The molecule has 1 aromatic heterocycles. The van der Waals surface area contributed by atoms with Gasteiger partial charge in [-0.05, 0) is 55.7 Å². The van der Waals surface area contributed by atoms with E-state index in [1.807, 2.05) is 25.1 Å². The van der Waals surface area contributed by atoms with Gasteiger partial charge < -0.3 is 20.3 Å². The van der Waals surface area contributed by atoms with Crippen LogP contribution in [0.4, 0.5) is 16.2 Å². The number of nitrogens with one attached hydrogen (secondary N) is 2. The van der Waals surface area contributed by atoms with Crippen LogP contribution in [0.1, 0.15) is 39.1 Å². The van der Waals surface area contributed by atoms with E-state index in [9.17, 15) is 9.59 Å². The maximum absolute atomic E-state index is 12.9. The molecule has 0 unspecified atom stereocenters. The van der Waals surface area contributed by atoms with Crippen LogP contribution in [0.2, 0.25) is 5.02 Å². The largest absolute Gasteiger partial charge is 0.495 e. The number of nitrogens with zero attached hydrogens (tertiary/aromatic N) is 3. The minimum Gasteiger partial charge on any atom is -0.495 e. The summed E-state index contributed by atoms with van der Waals surface area (Å²) in [6, 6.07) is 12.4. The second-order valence-electron chi connectivity index (χ2n) is 7.83. The monoisotopic (exact) mass is 485 g/mol. The third-order valence-electron chi connectivity index (χ3n) is 5.37. The van der Waals surface area contributed by atoms with Crippen LogP contribution in [0.5, 0.6) is 5.75 Å². The summed E-state index contributed by atoms with van der Waals surface area (Å²) in [4.78, 5) is 27.2. The number of urea groups is 1. The van der Waals surface area contributed by atoms with Crippen molar-refractivity contribution < 1.29 is 14.3 Å². The highest BCUT2D eigenvalue weighted by molar-refractivity contribution is 7.13. The molecule has 2 heterocycles. The molecule has 2 N–H and O–H groups in total. The molecule has 4 rings (SSSR count). The van der Waals surface area contributed by atoms with Crippen molar-refractivity contribution in [3.05, 3.63) is 63.1 Å². The first-order chi connectivity index (χ1) is 15.9. The summed E-state index contributed by atoms with van der Waals surface area (Å²) in [5, 5.41) is 15.6. The van der Waals surface area contributed by atoms with E-state index in [4.69, 9.17) is 16.3 Å². The average Bonchev–Trinajstić information content (AvgIpc) is 3.30. The van der Waals surface area contributed by atoms with Crippen LogP contribution in [0.3, 0.4) is 0 Å². The standard InChI is InChI=1S/C23H24ClN5O3S/c1-14-8-9-19(32-2)18(11-14)26-23(31)29-10-4-5-15(13-29)21-27-28-22(33-21)20(30)25-17-7-3-6-16(24)12-17/h3,6-9,11-12,15H,4-5,10,13H2,1-2H3,(H,25,30)(H,26,31)/t15-/m1/s1. The van der Waals surface area contributed by atoms with Crippen LogP contribution >= 0.6 is 22.9 Å². The minimum atomic E-state index is -0.335. The normalized spacial score (nSPS) is 15.7. The van der Waals surface area contributed by atoms with E-state index >= 15 is 0 Å². The summed E-state index contributed by atoms with van der Waals surface area (Å²) in [6.45, 7) is 3.11. The van der Waals surface area contributed by atoms with E-state index < -0.39 is 0 Å². The molecule has 33 heavy (non-hydrogen) atoms. The topological polar surface area (TPSA) is 96.4 Å². The second kappa shape index (κ2) is 10.2. The van der Waals surface area contributed by atoms with Crippen LogP contribution in [-0.2, 0) is 0 Å². The summed E-state index contributed by atoms with van der Waals surface area (Å²) in [5.74, 6) is 0.300. The summed E-state index contributed by atoms with van der Waals surface area (Å²) < 4.78 is 5.36. The molecule has 0 saturated carbocycles. The molecule has 1 aliphatic heterocycles. The van der Waals surface area contributed by atoms with Crippen molar-refractivity contribution in [2.45, 2.75) is 25.7 Å². The van der Waals surface area contributed by atoms with Crippen molar-refractivity contribution in [3.63, 3.8) is 0 Å². The fourth-order valence-corrected chi connectivity index (χ4v) is 4.77. The highest BCUT2D eigenvalue weighted by Crippen LogP contribution is 2.31. The molecule has 10 heteroatoms. The maximum Gasteiger partial charge on any atom is 0.321 e. The van der Waals surface area contributed by atoms with Gasteiger partial charge in [0.05, 0.1) is 12.8 Å². The summed E-state index contributed by atoms with van der Waals surface area (Å²) in [7, 11) is 1.58. The first-order valence-corrected chi connectivity index (χ1v) is 11.7. The van der Waals surface area contributed by atoms with Gasteiger partial charge in [0.1, 0.15) is 10.8 Å². The fourth-order valence-electron chi connectivity index (χ4n) is 3.72. The minimum absolute atomic E-state index is 0.0223. The number of ether oxygens (including phenoxy) is 1. The number of rotatable bonds is 5. The average molecular weight is 486 g/mol. The number of aryl methyl sites for hydroxylation is 1. The van der Waals surface area contributed by atoms with Gasteiger partial charge in [-0.2, -0.15) is 0 Å². The van der Waals surface area contributed by atoms with Gasteiger partial charge in [0.2, 0.25) is 5.01 Å². The van der Waals surface area contributed by atoms with Crippen LogP contribution in [-0.4, -0.2) is 47.2 Å². The number of amides is 3. The molecule has 3 amide bonds. The van der Waals surface area contributed by atoms with E-state index in [-0.39, 0.29) is 22.9 Å². The molecular weight excluding hydrogens is 462 g/mol. The smallest absolute Gasteiger partial charge is 0.321 e. The Morgan fingerprint density at radius 3 is 2.82 bits per heavy atom. The molecule has 0 aliphatic carbocycles. The number of carbonyl (C=O) groups is 2. The molecule has 172 valence electrons. The van der Waals surface area contributed by atoms with Crippen molar-refractivity contribution in [1.82, 2.24) is 15.1 Å². The number of anilines is 2. The molecule has 0 radical (unpaired) electrons. The van der Waals surface area contributed by atoms with Gasteiger partial charge in [0.15, 0.2) is 0 Å². The second-order valence-corrected chi connectivity index (χ2v) is 9.27. The molecule has 0 bridgehead atoms. The summed E-state index contributed by atoms with van der Waals surface area (Å²) >= 11 is 7.22. The van der Waals surface area contributed by atoms with Crippen LogP contribution in [0.25, 0.3) is 0 Å². The number of likely N-dealkylation sites (tertiary alicyclic amines) is 1. The van der Waals surface area contributed by atoms with E-state index in [0.29, 0.717) is 35.2 Å². The first kappa shape index (κ1) is 23.0. The van der Waals surface area contributed by atoms with Gasteiger partial charge in [-0.15, -0.1) is 10.2 Å². The Morgan fingerprint density at radius 2 is 2.03 bits per heavy atom. The number of methoxy groups -OCH3 is 1. The Balaban J connectivity index is 1.40. The predicted molar refractivity (Wildman–Crippen MR) is 130 cm³/mol. The lowest BCUT2D eigenvalue weighted by atomic mass is 9.99. The van der Waals surface area contributed by atoms with Gasteiger partial charge in [0.25, 0.3) is 5.91 Å². The third-order valence-corrected chi connectivity index (χ3v) is 6.69. The number of aromatic nitrogens is 2.